The van der Waals surface area contributed by atoms with Crippen LogP contribution in [0.4, 0.5) is 18.9 Å². The number of halogens is 3. The van der Waals surface area contributed by atoms with Crippen LogP contribution in [-0.4, -0.2) is 35.3 Å². The van der Waals surface area contributed by atoms with Gasteiger partial charge in [0.1, 0.15) is 17.3 Å². The molecule has 1 unspecified atom stereocenters. The minimum Gasteiger partial charge on any atom is -0.507 e. The summed E-state index contributed by atoms with van der Waals surface area (Å²) in [6.07, 6.45) is -1.93. The fourth-order valence-electron chi connectivity index (χ4n) is 3.94. The molecule has 2 heterocycles. The molecule has 180 valence electrons. The predicted octanol–water partition coefficient (Wildman–Crippen LogP) is 4.92. The first-order chi connectivity index (χ1) is 16.6. The lowest BCUT2D eigenvalue weighted by molar-refractivity contribution is -0.274. The van der Waals surface area contributed by atoms with Crippen molar-refractivity contribution in [2.45, 2.75) is 19.3 Å². The molecule has 1 atom stereocenters. The number of nitrogens with zero attached hydrogens (tertiary/aromatic N) is 2. The number of alkyl halides is 3. The molecule has 4 rings (SSSR count). The Bertz CT molecular complexity index is 1300. The molecule has 1 aliphatic heterocycles. The SMILES string of the molecule is COc1ccc(/C(O)=C2/C(=O)C(=O)N(c3ccc(OC(F)(F)F)cc3)C2c2cccnc2)cc1C. The van der Waals surface area contributed by atoms with Gasteiger partial charge in [0.2, 0.25) is 0 Å². The summed E-state index contributed by atoms with van der Waals surface area (Å²) >= 11 is 0. The van der Waals surface area contributed by atoms with Gasteiger partial charge in [-0.2, -0.15) is 0 Å². The first-order valence-electron chi connectivity index (χ1n) is 10.3. The molecular weight excluding hydrogens is 465 g/mol. The standard InChI is InChI=1S/C25H19F3N2O5/c1-14-12-15(5-10-19(14)34-2)22(31)20-21(16-4-3-11-29-13-16)30(24(33)23(20)32)17-6-8-18(9-7-17)35-25(26,27)28/h3-13,21,31H,1-2H3/b22-20-. The molecule has 2 aromatic carbocycles. The summed E-state index contributed by atoms with van der Waals surface area (Å²) in [6.45, 7) is 1.76. The lowest BCUT2D eigenvalue weighted by Gasteiger charge is -2.25. The minimum absolute atomic E-state index is 0.139. The highest BCUT2D eigenvalue weighted by molar-refractivity contribution is 6.51. The van der Waals surface area contributed by atoms with Crippen LogP contribution in [0, 0.1) is 6.92 Å². The number of aromatic nitrogens is 1. The number of benzene rings is 2. The molecule has 3 aromatic rings. The third-order valence-corrected chi connectivity index (χ3v) is 5.46. The van der Waals surface area contributed by atoms with Gasteiger partial charge in [-0.15, -0.1) is 13.2 Å². The van der Waals surface area contributed by atoms with Gasteiger partial charge in [-0.3, -0.25) is 19.5 Å². The Morgan fingerprint density at radius 3 is 2.37 bits per heavy atom. The van der Waals surface area contributed by atoms with Crippen LogP contribution in [-0.2, 0) is 9.59 Å². The van der Waals surface area contributed by atoms with E-state index in [1.54, 1.807) is 37.3 Å². The summed E-state index contributed by atoms with van der Waals surface area (Å²) < 4.78 is 46.7. The molecule has 1 N–H and O–H groups in total. The van der Waals surface area contributed by atoms with Crippen molar-refractivity contribution in [3.05, 3.63) is 89.3 Å². The summed E-state index contributed by atoms with van der Waals surface area (Å²) in [4.78, 5) is 31.4. The quantitative estimate of drug-likeness (QED) is 0.314. The van der Waals surface area contributed by atoms with Gasteiger partial charge in [0.15, 0.2) is 0 Å². The maximum atomic E-state index is 13.1. The molecule has 35 heavy (non-hydrogen) atoms. The Balaban J connectivity index is 1.84. The average Bonchev–Trinajstić information content (AvgIpc) is 3.09. The lowest BCUT2D eigenvalue weighted by Crippen LogP contribution is -2.29. The number of aliphatic hydroxyl groups excluding tert-OH is 1. The van der Waals surface area contributed by atoms with Crippen LogP contribution >= 0.6 is 0 Å². The number of aryl methyl sites for hydroxylation is 1. The van der Waals surface area contributed by atoms with Gasteiger partial charge in [0.25, 0.3) is 11.7 Å². The molecule has 1 fully saturated rings. The highest BCUT2D eigenvalue weighted by Gasteiger charge is 2.47. The van der Waals surface area contributed by atoms with Gasteiger partial charge in [-0.25, -0.2) is 0 Å². The van der Waals surface area contributed by atoms with E-state index in [-0.39, 0.29) is 11.3 Å². The van der Waals surface area contributed by atoms with Gasteiger partial charge < -0.3 is 14.6 Å². The number of hydrogen-bond acceptors (Lipinski definition) is 6. The molecule has 0 saturated carbocycles. The second-order valence-electron chi connectivity index (χ2n) is 7.68. The van der Waals surface area contributed by atoms with Crippen molar-refractivity contribution in [3.63, 3.8) is 0 Å². The number of methoxy groups -OCH3 is 1. The van der Waals surface area contributed by atoms with Gasteiger partial charge in [0, 0.05) is 23.6 Å². The molecule has 1 amide bonds. The summed E-state index contributed by atoms with van der Waals surface area (Å²) in [5.41, 5.74) is 1.38. The monoisotopic (exact) mass is 484 g/mol. The third-order valence-electron chi connectivity index (χ3n) is 5.46. The van der Waals surface area contributed by atoms with Crippen molar-refractivity contribution in [2.24, 2.45) is 0 Å². The van der Waals surface area contributed by atoms with Gasteiger partial charge in [0.05, 0.1) is 18.7 Å². The van der Waals surface area contributed by atoms with Crippen LogP contribution in [0.5, 0.6) is 11.5 Å². The maximum Gasteiger partial charge on any atom is 0.573 e. The number of anilines is 1. The first kappa shape index (κ1) is 23.8. The number of ketones is 1. The van der Waals surface area contributed by atoms with E-state index < -0.39 is 35.6 Å². The predicted molar refractivity (Wildman–Crippen MR) is 120 cm³/mol. The van der Waals surface area contributed by atoms with Crippen molar-refractivity contribution in [3.8, 4) is 11.5 Å². The summed E-state index contributed by atoms with van der Waals surface area (Å²) in [5, 5.41) is 11.1. The van der Waals surface area contributed by atoms with E-state index >= 15 is 0 Å². The molecule has 1 aliphatic rings. The zero-order chi connectivity index (χ0) is 25.3. The molecular formula is C25H19F3N2O5. The molecule has 1 aromatic heterocycles. The second-order valence-corrected chi connectivity index (χ2v) is 7.68. The molecule has 0 aliphatic carbocycles. The fraction of sp³-hybridized carbons (Fsp3) is 0.160. The number of hydrogen-bond donors (Lipinski definition) is 1. The van der Waals surface area contributed by atoms with E-state index in [1.807, 2.05) is 0 Å². The maximum absolute atomic E-state index is 13.1. The van der Waals surface area contributed by atoms with Crippen molar-refractivity contribution in [1.82, 2.24) is 4.98 Å². The fourth-order valence-corrected chi connectivity index (χ4v) is 3.94. The van der Waals surface area contributed by atoms with Crippen molar-refractivity contribution >= 4 is 23.1 Å². The van der Waals surface area contributed by atoms with E-state index in [2.05, 4.69) is 9.72 Å². The van der Waals surface area contributed by atoms with E-state index in [4.69, 9.17) is 4.74 Å². The number of ether oxygens (including phenoxy) is 2. The zero-order valence-corrected chi connectivity index (χ0v) is 18.5. The van der Waals surface area contributed by atoms with E-state index in [0.717, 1.165) is 17.0 Å². The average molecular weight is 484 g/mol. The van der Waals surface area contributed by atoms with Crippen molar-refractivity contribution in [1.29, 1.82) is 0 Å². The number of carbonyl (C=O) groups excluding carboxylic acids is 2. The van der Waals surface area contributed by atoms with Gasteiger partial charge in [-0.05, 0) is 66.6 Å². The number of pyridine rings is 1. The highest BCUT2D eigenvalue weighted by Crippen LogP contribution is 2.42. The van der Waals surface area contributed by atoms with Gasteiger partial charge in [-0.1, -0.05) is 6.07 Å². The number of aliphatic hydroxyl groups is 1. The number of carbonyl (C=O) groups is 2. The lowest BCUT2D eigenvalue weighted by atomic mass is 9.95. The van der Waals surface area contributed by atoms with E-state index in [0.29, 0.717) is 22.4 Å². The molecule has 10 heteroatoms. The zero-order valence-electron chi connectivity index (χ0n) is 18.5. The number of Topliss-reactive ketones (excluding diaryl/α,β-unsaturated/α-hetero) is 1. The number of rotatable bonds is 5. The van der Waals surface area contributed by atoms with Crippen LogP contribution in [0.15, 0.2) is 72.6 Å². The normalized spacial score (nSPS) is 17.5. The molecule has 0 bridgehead atoms. The summed E-state index contributed by atoms with van der Waals surface area (Å²) in [6, 6.07) is 11.5. The van der Waals surface area contributed by atoms with Crippen LogP contribution < -0.4 is 14.4 Å². The van der Waals surface area contributed by atoms with Crippen LogP contribution in [0.25, 0.3) is 5.76 Å². The van der Waals surface area contributed by atoms with Crippen molar-refractivity contribution in [2.75, 3.05) is 12.0 Å². The van der Waals surface area contributed by atoms with Crippen LogP contribution in [0.2, 0.25) is 0 Å². The Kier molecular flexibility index (Phi) is 6.21. The summed E-state index contributed by atoms with van der Waals surface area (Å²) in [7, 11) is 1.50. The molecule has 7 nitrogen and oxygen atoms in total. The van der Waals surface area contributed by atoms with Crippen LogP contribution in [0.3, 0.4) is 0 Å². The Morgan fingerprint density at radius 1 is 1.09 bits per heavy atom. The molecule has 1 saturated heterocycles. The Hall–Kier alpha value is -4.34. The third kappa shape index (κ3) is 4.68. The van der Waals surface area contributed by atoms with E-state index in [9.17, 15) is 27.9 Å². The smallest absolute Gasteiger partial charge is 0.507 e. The molecule has 0 spiro atoms. The first-order valence-corrected chi connectivity index (χ1v) is 10.3. The minimum atomic E-state index is -4.88. The topological polar surface area (TPSA) is 89.0 Å². The Morgan fingerprint density at radius 2 is 1.80 bits per heavy atom. The molecule has 0 radical (unpaired) electrons. The Labute approximate surface area is 198 Å². The van der Waals surface area contributed by atoms with Gasteiger partial charge >= 0.3 is 6.36 Å². The van der Waals surface area contributed by atoms with Crippen LogP contribution in [0.1, 0.15) is 22.7 Å². The highest BCUT2D eigenvalue weighted by atomic mass is 19.4. The second kappa shape index (κ2) is 9.13. The van der Waals surface area contributed by atoms with Crippen molar-refractivity contribution < 1.29 is 37.3 Å². The van der Waals surface area contributed by atoms with E-state index in [1.165, 1.54) is 31.6 Å². The largest absolute Gasteiger partial charge is 0.573 e. The summed E-state index contributed by atoms with van der Waals surface area (Å²) in [5.74, 6) is -2.20. The number of amides is 1.